The number of nitrogens with one attached hydrogen (secondary N) is 1. The van der Waals surface area contributed by atoms with Crippen molar-refractivity contribution in [2.24, 2.45) is 4.99 Å². The van der Waals surface area contributed by atoms with Gasteiger partial charge in [0.1, 0.15) is 5.75 Å². The standard InChI is InChI=1S/C18H31N5O3S.HI/c1-4-27(25,26)21(3)11-7-10-20-18(19-2)23-14-12-22(13-15-23)16-8-5-6-9-17(16)24;/h5-6,8-9,24H,4,7,10-15H2,1-3H3,(H,19,20);1H. The number of hydrogen-bond donors (Lipinski definition) is 2. The number of anilines is 1. The molecule has 0 spiro atoms. The van der Waals surface area contributed by atoms with Crippen molar-refractivity contribution in [1.29, 1.82) is 0 Å². The molecule has 0 aliphatic carbocycles. The molecule has 10 heteroatoms. The predicted molar refractivity (Wildman–Crippen MR) is 125 cm³/mol. The molecule has 1 saturated heterocycles. The van der Waals surface area contributed by atoms with Crippen LogP contribution in [0.4, 0.5) is 5.69 Å². The minimum Gasteiger partial charge on any atom is -0.506 e. The first-order chi connectivity index (χ1) is 12.9. The molecule has 0 amide bonds. The van der Waals surface area contributed by atoms with Gasteiger partial charge in [-0.3, -0.25) is 4.99 Å². The molecule has 1 aromatic rings. The number of guanidine groups is 1. The summed E-state index contributed by atoms with van der Waals surface area (Å²) in [5, 5.41) is 13.3. The van der Waals surface area contributed by atoms with E-state index in [4.69, 9.17) is 0 Å². The number of phenolic OH excluding ortho intramolecular Hbond substituents is 1. The van der Waals surface area contributed by atoms with Crippen LogP contribution in [0.5, 0.6) is 5.75 Å². The first-order valence-corrected chi connectivity index (χ1v) is 10.9. The number of rotatable bonds is 7. The Hall–Kier alpha value is -1.27. The summed E-state index contributed by atoms with van der Waals surface area (Å²) in [7, 11) is 0.250. The van der Waals surface area contributed by atoms with Gasteiger partial charge in [0.05, 0.1) is 11.4 Å². The monoisotopic (exact) mass is 525 g/mol. The quantitative estimate of drug-likeness (QED) is 0.242. The van der Waals surface area contributed by atoms with Crippen LogP contribution in [0.15, 0.2) is 29.3 Å². The summed E-state index contributed by atoms with van der Waals surface area (Å²) in [6.07, 6.45) is 0.715. The first-order valence-electron chi connectivity index (χ1n) is 9.31. The van der Waals surface area contributed by atoms with Crippen LogP contribution in [0.2, 0.25) is 0 Å². The fourth-order valence-corrected chi connectivity index (χ4v) is 3.93. The molecule has 1 fully saturated rings. The lowest BCUT2D eigenvalue weighted by molar-refractivity contribution is 0.368. The maximum absolute atomic E-state index is 11.8. The van der Waals surface area contributed by atoms with Gasteiger partial charge in [-0.2, -0.15) is 0 Å². The van der Waals surface area contributed by atoms with Crippen molar-refractivity contribution < 1.29 is 13.5 Å². The van der Waals surface area contributed by atoms with Gasteiger partial charge in [-0.05, 0) is 25.5 Å². The molecule has 0 radical (unpaired) electrons. The molecule has 1 aromatic carbocycles. The Morgan fingerprint density at radius 3 is 2.46 bits per heavy atom. The number of sulfonamides is 1. The summed E-state index contributed by atoms with van der Waals surface area (Å²) >= 11 is 0. The van der Waals surface area contributed by atoms with E-state index in [-0.39, 0.29) is 29.7 Å². The van der Waals surface area contributed by atoms with Crippen molar-refractivity contribution in [3.8, 4) is 5.75 Å². The van der Waals surface area contributed by atoms with Gasteiger partial charge < -0.3 is 20.2 Å². The third kappa shape index (κ3) is 6.66. The summed E-state index contributed by atoms with van der Waals surface area (Å²) in [6.45, 7) is 6.01. The van der Waals surface area contributed by atoms with Crippen LogP contribution in [0.3, 0.4) is 0 Å². The fraction of sp³-hybridized carbons (Fsp3) is 0.611. The van der Waals surface area contributed by atoms with Gasteiger partial charge in [0, 0.05) is 53.4 Å². The fourth-order valence-electron chi connectivity index (χ4n) is 3.08. The molecular weight excluding hydrogens is 493 g/mol. The molecule has 0 aromatic heterocycles. The second-order valence-electron chi connectivity index (χ2n) is 6.51. The highest BCUT2D eigenvalue weighted by Crippen LogP contribution is 2.27. The number of benzene rings is 1. The van der Waals surface area contributed by atoms with E-state index in [0.29, 0.717) is 25.3 Å². The van der Waals surface area contributed by atoms with E-state index in [9.17, 15) is 13.5 Å². The van der Waals surface area contributed by atoms with Gasteiger partial charge in [0.2, 0.25) is 10.0 Å². The zero-order valence-corrected chi connectivity index (χ0v) is 20.0. The molecule has 1 aliphatic heterocycles. The lowest BCUT2D eigenvalue weighted by Gasteiger charge is -2.37. The molecule has 0 bridgehead atoms. The Morgan fingerprint density at radius 1 is 1.25 bits per heavy atom. The van der Waals surface area contributed by atoms with Crippen LogP contribution in [0.1, 0.15) is 13.3 Å². The van der Waals surface area contributed by atoms with E-state index < -0.39 is 10.0 Å². The van der Waals surface area contributed by atoms with Gasteiger partial charge in [0.25, 0.3) is 0 Å². The highest BCUT2D eigenvalue weighted by molar-refractivity contribution is 14.0. The number of piperazine rings is 1. The highest BCUT2D eigenvalue weighted by atomic mass is 127. The zero-order valence-electron chi connectivity index (χ0n) is 16.8. The third-order valence-electron chi connectivity index (χ3n) is 4.79. The minimum absolute atomic E-state index is 0. The molecule has 1 heterocycles. The summed E-state index contributed by atoms with van der Waals surface area (Å²) in [5.74, 6) is 1.26. The van der Waals surface area contributed by atoms with Crippen molar-refractivity contribution in [2.75, 3.05) is 64.0 Å². The number of aliphatic imine (C=N–C) groups is 1. The summed E-state index contributed by atoms with van der Waals surface area (Å²) in [4.78, 5) is 8.69. The van der Waals surface area contributed by atoms with E-state index >= 15 is 0 Å². The molecule has 160 valence electrons. The molecular formula is C18H32IN5O3S. The number of hydrogen-bond acceptors (Lipinski definition) is 5. The number of para-hydroxylation sites is 2. The van der Waals surface area contributed by atoms with E-state index in [1.54, 1.807) is 27.1 Å². The first kappa shape index (κ1) is 24.8. The van der Waals surface area contributed by atoms with Crippen molar-refractivity contribution in [2.45, 2.75) is 13.3 Å². The molecule has 0 saturated carbocycles. The molecule has 28 heavy (non-hydrogen) atoms. The molecule has 1 aliphatic rings. The van der Waals surface area contributed by atoms with Crippen molar-refractivity contribution in [3.05, 3.63) is 24.3 Å². The Morgan fingerprint density at radius 2 is 1.89 bits per heavy atom. The third-order valence-corrected chi connectivity index (χ3v) is 6.65. The highest BCUT2D eigenvalue weighted by Gasteiger charge is 2.21. The van der Waals surface area contributed by atoms with E-state index in [1.807, 2.05) is 18.2 Å². The lowest BCUT2D eigenvalue weighted by Crippen LogP contribution is -2.52. The SMILES string of the molecule is CCS(=O)(=O)N(C)CCCNC(=NC)N1CCN(c2ccccc2O)CC1.I. The van der Waals surface area contributed by atoms with Crippen LogP contribution in [-0.4, -0.2) is 87.8 Å². The van der Waals surface area contributed by atoms with Crippen LogP contribution >= 0.6 is 24.0 Å². The Labute approximate surface area is 185 Å². The molecule has 8 nitrogen and oxygen atoms in total. The Bertz CT molecular complexity index is 736. The Kier molecular flexibility index (Phi) is 10.3. The average Bonchev–Trinajstić information content (AvgIpc) is 2.68. The summed E-state index contributed by atoms with van der Waals surface area (Å²) in [6, 6.07) is 7.39. The zero-order chi connectivity index (χ0) is 19.9. The van der Waals surface area contributed by atoms with E-state index in [0.717, 1.165) is 37.8 Å². The van der Waals surface area contributed by atoms with Gasteiger partial charge in [-0.1, -0.05) is 12.1 Å². The topological polar surface area (TPSA) is 88.5 Å². The van der Waals surface area contributed by atoms with Crippen LogP contribution < -0.4 is 10.2 Å². The Balaban J connectivity index is 0.00000392. The van der Waals surface area contributed by atoms with Crippen LogP contribution in [0, 0.1) is 0 Å². The number of nitrogens with zero attached hydrogens (tertiary/aromatic N) is 4. The largest absolute Gasteiger partial charge is 0.506 e. The van der Waals surface area contributed by atoms with Crippen LogP contribution in [-0.2, 0) is 10.0 Å². The maximum Gasteiger partial charge on any atom is 0.213 e. The number of aromatic hydroxyl groups is 1. The van der Waals surface area contributed by atoms with Crippen molar-refractivity contribution in [1.82, 2.24) is 14.5 Å². The average molecular weight is 525 g/mol. The molecule has 2 N–H and O–H groups in total. The van der Waals surface area contributed by atoms with Gasteiger partial charge in [-0.15, -0.1) is 24.0 Å². The van der Waals surface area contributed by atoms with Crippen LogP contribution in [0.25, 0.3) is 0 Å². The normalized spacial score (nSPS) is 15.5. The number of halogens is 1. The van der Waals surface area contributed by atoms with Crippen molar-refractivity contribution >= 4 is 45.6 Å². The second-order valence-corrected chi connectivity index (χ2v) is 8.88. The van der Waals surface area contributed by atoms with E-state index in [1.165, 1.54) is 4.31 Å². The molecule has 2 rings (SSSR count). The lowest BCUT2D eigenvalue weighted by atomic mass is 10.2. The summed E-state index contributed by atoms with van der Waals surface area (Å²) < 4.78 is 24.9. The van der Waals surface area contributed by atoms with Gasteiger partial charge >= 0.3 is 0 Å². The molecule has 0 unspecified atom stereocenters. The van der Waals surface area contributed by atoms with Gasteiger partial charge in [0.15, 0.2) is 5.96 Å². The molecule has 0 atom stereocenters. The smallest absolute Gasteiger partial charge is 0.213 e. The minimum atomic E-state index is -3.12. The van der Waals surface area contributed by atoms with E-state index in [2.05, 4.69) is 20.1 Å². The summed E-state index contributed by atoms with van der Waals surface area (Å²) in [5.41, 5.74) is 0.861. The van der Waals surface area contributed by atoms with Gasteiger partial charge in [-0.25, -0.2) is 12.7 Å². The maximum atomic E-state index is 11.8. The predicted octanol–water partition coefficient (Wildman–Crippen LogP) is 1.38. The van der Waals surface area contributed by atoms with Crippen molar-refractivity contribution in [3.63, 3.8) is 0 Å². The number of phenols is 1. The second kappa shape index (κ2) is 11.7.